The van der Waals surface area contributed by atoms with Crippen molar-refractivity contribution in [3.63, 3.8) is 0 Å². The molecule has 1 amide bonds. The number of benzene rings is 1. The second kappa shape index (κ2) is 7.54. The Morgan fingerprint density at radius 3 is 2.96 bits per heavy atom. The molecule has 2 heterocycles. The summed E-state index contributed by atoms with van der Waals surface area (Å²) in [6.45, 7) is 1.41. The predicted molar refractivity (Wildman–Crippen MR) is 87.8 cm³/mol. The molecular formula is C17H18FN5O. The standard InChI is InChI=1S/C17H18FN5O/c18-15-6-2-1-5-13(15)16-14(11-21-22-16)17(24)20-7-3-4-9-23-10-8-19-12-23/h1-2,5-6,8,10-12H,3-4,7,9H2,(H,20,24)(H,21,22). The number of carbonyl (C=O) groups excluding carboxylic acids is 1. The van der Waals surface area contributed by atoms with E-state index in [-0.39, 0.29) is 5.91 Å². The lowest BCUT2D eigenvalue weighted by molar-refractivity contribution is 0.0953. The largest absolute Gasteiger partial charge is 0.352 e. The fraction of sp³-hybridized carbons (Fsp3) is 0.235. The second-order valence-electron chi connectivity index (χ2n) is 5.40. The second-order valence-corrected chi connectivity index (χ2v) is 5.40. The Morgan fingerprint density at radius 1 is 1.29 bits per heavy atom. The first-order valence-electron chi connectivity index (χ1n) is 7.78. The van der Waals surface area contributed by atoms with E-state index in [1.54, 1.807) is 30.7 Å². The van der Waals surface area contributed by atoms with Gasteiger partial charge in [0.15, 0.2) is 0 Å². The maximum atomic E-state index is 13.9. The molecule has 0 fully saturated rings. The predicted octanol–water partition coefficient (Wildman–Crippen LogP) is 2.62. The number of carbonyl (C=O) groups is 1. The highest BCUT2D eigenvalue weighted by Crippen LogP contribution is 2.23. The number of imidazole rings is 1. The van der Waals surface area contributed by atoms with Crippen LogP contribution in [0, 0.1) is 5.82 Å². The Labute approximate surface area is 138 Å². The number of nitrogens with one attached hydrogen (secondary N) is 2. The highest BCUT2D eigenvalue weighted by molar-refractivity contribution is 5.99. The molecule has 0 aliphatic carbocycles. The van der Waals surface area contributed by atoms with Gasteiger partial charge in [-0.25, -0.2) is 9.37 Å². The SMILES string of the molecule is O=C(NCCCCn1ccnc1)c1cn[nH]c1-c1ccccc1F. The number of rotatable bonds is 7. The molecule has 0 saturated heterocycles. The minimum absolute atomic E-state index is 0.260. The zero-order valence-electron chi connectivity index (χ0n) is 13.1. The van der Waals surface area contributed by atoms with Crippen molar-refractivity contribution in [3.05, 3.63) is 60.6 Å². The zero-order valence-corrected chi connectivity index (χ0v) is 13.1. The fourth-order valence-electron chi connectivity index (χ4n) is 2.46. The van der Waals surface area contributed by atoms with E-state index in [1.165, 1.54) is 12.3 Å². The molecule has 1 aromatic carbocycles. The summed E-state index contributed by atoms with van der Waals surface area (Å²) in [4.78, 5) is 16.3. The van der Waals surface area contributed by atoms with E-state index in [9.17, 15) is 9.18 Å². The van der Waals surface area contributed by atoms with E-state index >= 15 is 0 Å². The topological polar surface area (TPSA) is 75.6 Å². The molecule has 6 nitrogen and oxygen atoms in total. The van der Waals surface area contributed by atoms with Gasteiger partial charge in [0.1, 0.15) is 5.82 Å². The van der Waals surface area contributed by atoms with E-state index < -0.39 is 5.82 Å². The van der Waals surface area contributed by atoms with Crippen LogP contribution in [0.2, 0.25) is 0 Å². The van der Waals surface area contributed by atoms with Gasteiger partial charge in [-0.15, -0.1) is 0 Å². The first-order valence-corrected chi connectivity index (χ1v) is 7.78. The third kappa shape index (κ3) is 3.68. The molecule has 0 aliphatic rings. The van der Waals surface area contributed by atoms with Gasteiger partial charge in [0, 0.05) is 31.0 Å². The number of aryl methyl sites for hydroxylation is 1. The molecule has 2 aromatic heterocycles. The molecular weight excluding hydrogens is 309 g/mol. The van der Waals surface area contributed by atoms with Gasteiger partial charge in [0.2, 0.25) is 0 Å². The van der Waals surface area contributed by atoms with E-state index in [1.807, 2.05) is 10.8 Å². The molecule has 0 unspecified atom stereocenters. The average Bonchev–Trinajstić information content (AvgIpc) is 3.26. The maximum Gasteiger partial charge on any atom is 0.255 e. The minimum Gasteiger partial charge on any atom is -0.352 e. The molecule has 0 atom stereocenters. The number of nitrogens with zero attached hydrogens (tertiary/aromatic N) is 3. The van der Waals surface area contributed by atoms with Gasteiger partial charge < -0.3 is 9.88 Å². The zero-order chi connectivity index (χ0) is 16.8. The molecule has 2 N–H and O–H groups in total. The van der Waals surface area contributed by atoms with Crippen molar-refractivity contribution < 1.29 is 9.18 Å². The van der Waals surface area contributed by atoms with Crippen molar-refractivity contribution in [2.45, 2.75) is 19.4 Å². The van der Waals surface area contributed by atoms with Crippen LogP contribution in [-0.2, 0) is 6.54 Å². The lowest BCUT2D eigenvalue weighted by atomic mass is 10.1. The molecule has 3 aromatic rings. The van der Waals surface area contributed by atoms with Gasteiger partial charge in [-0.1, -0.05) is 12.1 Å². The fourth-order valence-corrected chi connectivity index (χ4v) is 2.46. The maximum absolute atomic E-state index is 13.9. The molecule has 24 heavy (non-hydrogen) atoms. The molecule has 0 spiro atoms. The van der Waals surface area contributed by atoms with E-state index in [2.05, 4.69) is 20.5 Å². The minimum atomic E-state index is -0.392. The summed E-state index contributed by atoms with van der Waals surface area (Å²) in [6, 6.07) is 6.30. The van der Waals surface area contributed by atoms with E-state index in [0.717, 1.165) is 19.4 Å². The van der Waals surface area contributed by atoms with Crippen LogP contribution in [0.25, 0.3) is 11.3 Å². The highest BCUT2D eigenvalue weighted by Gasteiger charge is 2.17. The molecule has 7 heteroatoms. The first-order chi connectivity index (χ1) is 11.8. The Bertz CT molecular complexity index is 797. The first kappa shape index (κ1) is 15.9. The number of amides is 1. The summed E-state index contributed by atoms with van der Waals surface area (Å²) in [7, 11) is 0. The molecule has 0 aliphatic heterocycles. The summed E-state index contributed by atoms with van der Waals surface area (Å²) < 4.78 is 15.9. The summed E-state index contributed by atoms with van der Waals surface area (Å²) in [5.41, 5.74) is 1.07. The van der Waals surface area contributed by atoms with Gasteiger partial charge >= 0.3 is 0 Å². The van der Waals surface area contributed by atoms with Crippen molar-refractivity contribution in [2.75, 3.05) is 6.54 Å². The smallest absolute Gasteiger partial charge is 0.255 e. The highest BCUT2D eigenvalue weighted by atomic mass is 19.1. The third-order valence-electron chi connectivity index (χ3n) is 3.71. The molecule has 124 valence electrons. The summed E-state index contributed by atoms with van der Waals surface area (Å²) in [6.07, 6.45) is 8.61. The summed E-state index contributed by atoms with van der Waals surface area (Å²) >= 11 is 0. The monoisotopic (exact) mass is 327 g/mol. The van der Waals surface area contributed by atoms with Crippen LogP contribution in [0.4, 0.5) is 4.39 Å². The van der Waals surface area contributed by atoms with Gasteiger partial charge in [-0.2, -0.15) is 5.10 Å². The van der Waals surface area contributed by atoms with Crippen molar-refractivity contribution >= 4 is 5.91 Å². The van der Waals surface area contributed by atoms with Crippen molar-refractivity contribution in [1.29, 1.82) is 0 Å². The quantitative estimate of drug-likeness (QED) is 0.655. The van der Waals surface area contributed by atoms with Gasteiger partial charge in [0.25, 0.3) is 5.91 Å². The molecule has 0 radical (unpaired) electrons. The van der Waals surface area contributed by atoms with E-state index in [4.69, 9.17) is 0 Å². The van der Waals surface area contributed by atoms with Gasteiger partial charge in [-0.3, -0.25) is 9.89 Å². The number of hydrogen-bond acceptors (Lipinski definition) is 3. The lowest BCUT2D eigenvalue weighted by Gasteiger charge is -2.07. The van der Waals surface area contributed by atoms with Crippen LogP contribution in [0.3, 0.4) is 0 Å². The van der Waals surface area contributed by atoms with Crippen LogP contribution >= 0.6 is 0 Å². The van der Waals surface area contributed by atoms with Crippen LogP contribution in [0.5, 0.6) is 0 Å². The van der Waals surface area contributed by atoms with Crippen LogP contribution in [0.1, 0.15) is 23.2 Å². The van der Waals surface area contributed by atoms with Crippen LogP contribution in [0.15, 0.2) is 49.2 Å². The number of H-pyrrole nitrogens is 1. The van der Waals surface area contributed by atoms with Crippen LogP contribution in [-0.4, -0.2) is 32.2 Å². The number of halogens is 1. The molecule has 0 saturated carbocycles. The normalized spacial score (nSPS) is 10.7. The Balaban J connectivity index is 1.54. The average molecular weight is 327 g/mol. The van der Waals surface area contributed by atoms with Gasteiger partial charge in [0.05, 0.1) is 23.8 Å². The van der Waals surface area contributed by atoms with Gasteiger partial charge in [-0.05, 0) is 25.0 Å². The Kier molecular flexibility index (Phi) is 5.00. The van der Waals surface area contributed by atoms with Crippen molar-refractivity contribution in [1.82, 2.24) is 25.1 Å². The summed E-state index contributed by atoms with van der Waals surface area (Å²) in [5.74, 6) is -0.652. The van der Waals surface area contributed by atoms with Crippen LogP contribution < -0.4 is 5.32 Å². The van der Waals surface area contributed by atoms with Crippen molar-refractivity contribution in [2.24, 2.45) is 0 Å². The number of aromatic nitrogens is 4. The lowest BCUT2D eigenvalue weighted by Crippen LogP contribution is -2.24. The Hall–Kier alpha value is -2.96. The number of aromatic amines is 1. The molecule has 3 rings (SSSR count). The third-order valence-corrected chi connectivity index (χ3v) is 3.71. The number of hydrogen-bond donors (Lipinski definition) is 2. The summed E-state index contributed by atoms with van der Waals surface area (Å²) in [5, 5.41) is 9.43. The number of unbranched alkanes of at least 4 members (excludes halogenated alkanes) is 1. The van der Waals surface area contributed by atoms with E-state index in [0.29, 0.717) is 23.4 Å². The Morgan fingerprint density at radius 2 is 2.17 bits per heavy atom. The molecule has 0 bridgehead atoms. The van der Waals surface area contributed by atoms with Crippen molar-refractivity contribution in [3.8, 4) is 11.3 Å².